The van der Waals surface area contributed by atoms with Crippen LogP contribution in [0.3, 0.4) is 0 Å². The second-order valence-corrected chi connectivity index (χ2v) is 7.87. The second-order valence-electron chi connectivity index (χ2n) is 6.10. The van der Waals surface area contributed by atoms with Gasteiger partial charge in [-0.1, -0.05) is 26.2 Å². The van der Waals surface area contributed by atoms with Crippen molar-refractivity contribution in [3.63, 3.8) is 0 Å². The Morgan fingerprint density at radius 3 is 2.52 bits per heavy atom. The van der Waals surface area contributed by atoms with Gasteiger partial charge in [-0.05, 0) is 36.5 Å². The van der Waals surface area contributed by atoms with Crippen LogP contribution in [0.5, 0.6) is 5.75 Å². The topological polar surface area (TPSA) is 81.4 Å². The largest absolute Gasteiger partial charge is 0.495 e. The molecule has 3 N–H and O–H groups in total. The molecule has 0 heterocycles. The van der Waals surface area contributed by atoms with E-state index < -0.39 is 10.0 Å². The standard InChI is InChI=1S/C15H24N2O3S/c1-15(8-4-3-5-9-15)11-17-21(18,19)12-6-7-14(20-2)13(16)10-12/h6-7,10,17H,3-5,8-9,11,16H2,1-2H3. The fourth-order valence-electron chi connectivity index (χ4n) is 2.81. The van der Waals surface area contributed by atoms with Crippen LogP contribution in [0.25, 0.3) is 0 Å². The molecule has 0 amide bonds. The molecule has 0 saturated heterocycles. The number of sulfonamides is 1. The Labute approximate surface area is 126 Å². The normalized spacial score (nSPS) is 18.4. The maximum absolute atomic E-state index is 12.4. The molecule has 21 heavy (non-hydrogen) atoms. The van der Waals surface area contributed by atoms with E-state index in [0.29, 0.717) is 18.0 Å². The third-order valence-electron chi connectivity index (χ3n) is 4.26. The van der Waals surface area contributed by atoms with E-state index >= 15 is 0 Å². The Morgan fingerprint density at radius 2 is 1.95 bits per heavy atom. The van der Waals surface area contributed by atoms with Crippen molar-refractivity contribution in [2.24, 2.45) is 5.41 Å². The first-order valence-electron chi connectivity index (χ1n) is 7.29. The van der Waals surface area contributed by atoms with Crippen molar-refractivity contribution in [1.82, 2.24) is 4.72 Å². The van der Waals surface area contributed by atoms with Crippen molar-refractivity contribution in [1.29, 1.82) is 0 Å². The highest BCUT2D eigenvalue weighted by Gasteiger charge is 2.28. The third-order valence-corrected chi connectivity index (χ3v) is 5.66. The first kappa shape index (κ1) is 16.1. The molecule has 0 aromatic heterocycles. The lowest BCUT2D eigenvalue weighted by Crippen LogP contribution is -2.37. The zero-order chi connectivity index (χ0) is 15.5. The number of anilines is 1. The van der Waals surface area contributed by atoms with Crippen molar-refractivity contribution in [3.05, 3.63) is 18.2 Å². The van der Waals surface area contributed by atoms with Gasteiger partial charge in [0.15, 0.2) is 0 Å². The highest BCUT2D eigenvalue weighted by molar-refractivity contribution is 7.89. The van der Waals surface area contributed by atoms with Crippen LogP contribution in [0.15, 0.2) is 23.1 Å². The molecule has 0 atom stereocenters. The number of ether oxygens (including phenoxy) is 1. The minimum absolute atomic E-state index is 0.0589. The van der Waals surface area contributed by atoms with Crippen LogP contribution in [0.2, 0.25) is 0 Å². The molecule has 0 unspecified atom stereocenters. The first-order valence-corrected chi connectivity index (χ1v) is 8.78. The zero-order valence-electron chi connectivity index (χ0n) is 12.7. The van der Waals surface area contributed by atoms with Gasteiger partial charge in [0.1, 0.15) is 5.75 Å². The van der Waals surface area contributed by atoms with E-state index in [0.717, 1.165) is 12.8 Å². The fourth-order valence-corrected chi connectivity index (χ4v) is 4.05. The minimum atomic E-state index is -3.53. The minimum Gasteiger partial charge on any atom is -0.495 e. The van der Waals surface area contributed by atoms with E-state index in [1.165, 1.54) is 38.5 Å². The maximum atomic E-state index is 12.4. The van der Waals surface area contributed by atoms with Crippen molar-refractivity contribution in [2.75, 3.05) is 19.4 Å². The molecule has 6 heteroatoms. The molecule has 118 valence electrons. The summed E-state index contributed by atoms with van der Waals surface area (Å²) in [5.41, 5.74) is 6.16. The van der Waals surface area contributed by atoms with Gasteiger partial charge in [-0.25, -0.2) is 13.1 Å². The Balaban J connectivity index is 2.09. The second kappa shape index (κ2) is 6.23. The average molecular weight is 312 g/mol. The van der Waals surface area contributed by atoms with Crippen LogP contribution >= 0.6 is 0 Å². The zero-order valence-corrected chi connectivity index (χ0v) is 13.5. The van der Waals surface area contributed by atoms with E-state index in [1.807, 2.05) is 0 Å². The van der Waals surface area contributed by atoms with E-state index in [9.17, 15) is 8.42 Å². The molecule has 1 aliphatic rings. The SMILES string of the molecule is COc1ccc(S(=O)(=O)NCC2(C)CCCCC2)cc1N. The lowest BCUT2D eigenvalue weighted by molar-refractivity contribution is 0.219. The summed E-state index contributed by atoms with van der Waals surface area (Å²) >= 11 is 0. The molecule has 1 aliphatic carbocycles. The summed E-state index contributed by atoms with van der Waals surface area (Å²) in [5, 5.41) is 0. The summed E-state index contributed by atoms with van der Waals surface area (Å²) in [6.07, 6.45) is 5.74. The number of nitrogens with two attached hydrogens (primary N) is 1. The number of nitrogen functional groups attached to an aromatic ring is 1. The lowest BCUT2D eigenvalue weighted by atomic mass is 9.76. The average Bonchev–Trinajstić information content (AvgIpc) is 2.46. The van der Waals surface area contributed by atoms with Crippen LogP contribution in [0.1, 0.15) is 39.0 Å². The van der Waals surface area contributed by atoms with E-state index in [4.69, 9.17) is 10.5 Å². The molecule has 0 aliphatic heterocycles. The first-order chi connectivity index (χ1) is 9.86. The molecule has 5 nitrogen and oxygen atoms in total. The monoisotopic (exact) mass is 312 g/mol. The highest BCUT2D eigenvalue weighted by atomic mass is 32.2. The molecule has 0 spiro atoms. The van der Waals surface area contributed by atoms with E-state index in [2.05, 4.69) is 11.6 Å². The summed E-state index contributed by atoms with van der Waals surface area (Å²) in [5.74, 6) is 0.480. The van der Waals surface area contributed by atoms with E-state index in [1.54, 1.807) is 6.07 Å². The van der Waals surface area contributed by atoms with E-state index in [-0.39, 0.29) is 10.3 Å². The van der Waals surface area contributed by atoms with Gasteiger partial charge in [-0.2, -0.15) is 0 Å². The molecule has 1 saturated carbocycles. The summed E-state index contributed by atoms with van der Waals surface area (Å²) in [7, 11) is -2.03. The Hall–Kier alpha value is -1.27. The molecule has 1 fully saturated rings. The molecule has 1 aromatic carbocycles. The predicted molar refractivity (Wildman–Crippen MR) is 83.8 cm³/mol. The number of rotatable bonds is 5. The quantitative estimate of drug-likeness (QED) is 0.819. The van der Waals surface area contributed by atoms with Crippen LogP contribution in [0.4, 0.5) is 5.69 Å². The number of methoxy groups -OCH3 is 1. The van der Waals surface area contributed by atoms with Crippen LogP contribution in [-0.4, -0.2) is 22.1 Å². The fraction of sp³-hybridized carbons (Fsp3) is 0.600. The van der Waals surface area contributed by atoms with Gasteiger partial charge >= 0.3 is 0 Å². The van der Waals surface area contributed by atoms with Crippen LogP contribution in [0, 0.1) is 5.41 Å². The van der Waals surface area contributed by atoms with Crippen molar-refractivity contribution in [2.45, 2.75) is 43.9 Å². The summed E-state index contributed by atoms with van der Waals surface area (Å²) in [6, 6.07) is 4.53. The number of hydrogen-bond acceptors (Lipinski definition) is 4. The molecule has 0 radical (unpaired) electrons. The lowest BCUT2D eigenvalue weighted by Gasteiger charge is -2.33. The van der Waals surface area contributed by atoms with Gasteiger partial charge in [0.05, 0.1) is 17.7 Å². The van der Waals surface area contributed by atoms with Gasteiger partial charge < -0.3 is 10.5 Å². The predicted octanol–water partition coefficient (Wildman–Crippen LogP) is 2.53. The molecule has 0 bridgehead atoms. The Kier molecular flexibility index (Phi) is 4.78. The van der Waals surface area contributed by atoms with Crippen molar-refractivity contribution >= 4 is 15.7 Å². The highest BCUT2D eigenvalue weighted by Crippen LogP contribution is 2.35. The number of benzene rings is 1. The van der Waals surface area contributed by atoms with Crippen LogP contribution < -0.4 is 15.2 Å². The number of hydrogen-bond donors (Lipinski definition) is 2. The Bertz CT molecular complexity index is 593. The van der Waals surface area contributed by atoms with Gasteiger partial charge in [0.25, 0.3) is 0 Å². The molecular weight excluding hydrogens is 288 g/mol. The third kappa shape index (κ3) is 3.89. The summed E-state index contributed by atoms with van der Waals surface area (Å²) in [4.78, 5) is 0.181. The van der Waals surface area contributed by atoms with Crippen molar-refractivity contribution in [3.8, 4) is 5.75 Å². The Morgan fingerprint density at radius 1 is 1.29 bits per heavy atom. The van der Waals surface area contributed by atoms with Crippen LogP contribution in [-0.2, 0) is 10.0 Å². The smallest absolute Gasteiger partial charge is 0.240 e. The molecule has 2 rings (SSSR count). The van der Waals surface area contributed by atoms with Gasteiger partial charge in [-0.15, -0.1) is 0 Å². The van der Waals surface area contributed by atoms with Gasteiger partial charge in [-0.3, -0.25) is 0 Å². The maximum Gasteiger partial charge on any atom is 0.240 e. The van der Waals surface area contributed by atoms with Gasteiger partial charge in [0.2, 0.25) is 10.0 Å². The van der Waals surface area contributed by atoms with Crippen molar-refractivity contribution < 1.29 is 13.2 Å². The molecular formula is C15H24N2O3S. The molecule has 1 aromatic rings. The summed E-state index contributed by atoms with van der Waals surface area (Å²) < 4.78 is 32.5. The van der Waals surface area contributed by atoms with Gasteiger partial charge in [0, 0.05) is 6.54 Å². The summed E-state index contributed by atoms with van der Waals surface area (Å²) in [6.45, 7) is 2.62. The number of nitrogens with one attached hydrogen (secondary N) is 1.